The lowest BCUT2D eigenvalue weighted by atomic mass is 9.77. The molecule has 0 spiro atoms. The van der Waals surface area contributed by atoms with Gasteiger partial charge in [-0.3, -0.25) is 4.90 Å². The van der Waals surface area contributed by atoms with Crippen molar-refractivity contribution in [3.8, 4) is 0 Å². The molecule has 7 heteroatoms. The second-order valence-electron chi connectivity index (χ2n) is 7.32. The molecule has 6 nitrogen and oxygen atoms in total. The van der Waals surface area contributed by atoms with E-state index < -0.39 is 10.0 Å². The third-order valence-corrected chi connectivity index (χ3v) is 6.91. The van der Waals surface area contributed by atoms with Gasteiger partial charge in [0.15, 0.2) is 0 Å². The first-order chi connectivity index (χ1) is 11.9. The molecular formula is C18H28N4O2S. The first-order valence-corrected chi connectivity index (χ1v) is 10.5. The molecule has 1 aromatic rings. The minimum absolute atomic E-state index is 0.250. The summed E-state index contributed by atoms with van der Waals surface area (Å²) >= 11 is 0. The average Bonchev–Trinajstić information content (AvgIpc) is 2.58. The maximum Gasteiger partial charge on any atom is 0.264 e. The van der Waals surface area contributed by atoms with Crippen LogP contribution in [0.3, 0.4) is 0 Å². The third-order valence-electron chi connectivity index (χ3n) is 5.56. The predicted molar refractivity (Wildman–Crippen MR) is 99.6 cm³/mol. The van der Waals surface area contributed by atoms with Gasteiger partial charge in [-0.2, -0.15) is 0 Å². The van der Waals surface area contributed by atoms with Crippen LogP contribution in [0.15, 0.2) is 34.2 Å². The van der Waals surface area contributed by atoms with Crippen molar-refractivity contribution in [1.29, 1.82) is 0 Å². The molecule has 0 unspecified atom stereocenters. The fourth-order valence-electron chi connectivity index (χ4n) is 3.71. The Hall–Kier alpha value is -1.60. The van der Waals surface area contributed by atoms with E-state index in [1.54, 1.807) is 24.3 Å². The van der Waals surface area contributed by atoms with E-state index in [0.717, 1.165) is 11.5 Å². The summed E-state index contributed by atoms with van der Waals surface area (Å²) in [6.45, 7) is 7.71. The van der Waals surface area contributed by atoms with E-state index in [-0.39, 0.29) is 4.90 Å². The fraction of sp³-hybridized carbons (Fsp3) is 0.611. The summed E-state index contributed by atoms with van der Waals surface area (Å²) in [5.41, 5.74) is 1.03. The molecule has 1 heterocycles. The highest BCUT2D eigenvalue weighted by Crippen LogP contribution is 2.32. The summed E-state index contributed by atoms with van der Waals surface area (Å²) in [5, 5.41) is 3.12. The van der Waals surface area contributed by atoms with Crippen LogP contribution in [0.1, 0.15) is 38.7 Å². The Bertz CT molecular complexity index is 730. The molecule has 1 aromatic carbocycles. The zero-order valence-electron chi connectivity index (χ0n) is 15.2. The molecule has 0 bridgehead atoms. The van der Waals surface area contributed by atoms with Crippen LogP contribution in [0.25, 0.3) is 0 Å². The molecule has 3 atom stereocenters. The molecule has 25 heavy (non-hydrogen) atoms. The van der Waals surface area contributed by atoms with Gasteiger partial charge in [-0.15, -0.1) is 0 Å². The lowest BCUT2D eigenvalue weighted by Crippen LogP contribution is -2.55. The van der Waals surface area contributed by atoms with Crippen molar-refractivity contribution < 1.29 is 8.42 Å². The number of benzene rings is 1. The highest BCUT2D eigenvalue weighted by atomic mass is 32.2. The second kappa shape index (κ2) is 7.33. The summed E-state index contributed by atoms with van der Waals surface area (Å²) in [5.74, 6) is 1.69. The van der Waals surface area contributed by atoms with Gasteiger partial charge in [-0.05, 0) is 37.3 Å². The highest BCUT2D eigenvalue weighted by Gasteiger charge is 2.32. The van der Waals surface area contributed by atoms with E-state index in [4.69, 9.17) is 0 Å². The molecule has 1 aliphatic carbocycles. The fourth-order valence-corrected chi connectivity index (χ4v) is 4.71. The van der Waals surface area contributed by atoms with Gasteiger partial charge in [0.1, 0.15) is 0 Å². The zero-order valence-corrected chi connectivity index (χ0v) is 16.0. The number of aliphatic imine (C=N–C) groups is 1. The van der Waals surface area contributed by atoms with Crippen LogP contribution in [-0.4, -0.2) is 38.7 Å². The van der Waals surface area contributed by atoms with Gasteiger partial charge in [-0.25, -0.2) is 18.1 Å². The Kier molecular flexibility index (Phi) is 5.34. The number of nitrogens with one attached hydrogen (secondary N) is 2. The number of aryl methyl sites for hydroxylation is 1. The van der Waals surface area contributed by atoms with Gasteiger partial charge in [0, 0.05) is 6.04 Å². The monoisotopic (exact) mass is 364 g/mol. The summed E-state index contributed by atoms with van der Waals surface area (Å²) < 4.78 is 27.4. The second-order valence-corrected chi connectivity index (χ2v) is 9.01. The number of rotatable bonds is 3. The van der Waals surface area contributed by atoms with E-state index in [0.29, 0.717) is 31.3 Å². The van der Waals surface area contributed by atoms with Crippen LogP contribution < -0.4 is 10.0 Å². The van der Waals surface area contributed by atoms with E-state index in [1.807, 2.05) is 6.92 Å². The molecule has 2 N–H and O–H groups in total. The Morgan fingerprint density at radius 3 is 2.56 bits per heavy atom. The third kappa shape index (κ3) is 4.15. The number of nitrogens with zero attached hydrogens (tertiary/aromatic N) is 2. The Morgan fingerprint density at radius 2 is 1.92 bits per heavy atom. The molecule has 1 fully saturated rings. The maximum atomic E-state index is 12.4. The van der Waals surface area contributed by atoms with Crippen LogP contribution in [-0.2, 0) is 10.0 Å². The largest absolute Gasteiger partial charge is 0.343 e. The van der Waals surface area contributed by atoms with Crippen molar-refractivity contribution in [2.24, 2.45) is 16.8 Å². The van der Waals surface area contributed by atoms with Crippen LogP contribution in [0.4, 0.5) is 0 Å². The number of hydrogen-bond acceptors (Lipinski definition) is 5. The van der Waals surface area contributed by atoms with Crippen LogP contribution in [0, 0.1) is 18.8 Å². The van der Waals surface area contributed by atoms with E-state index in [9.17, 15) is 8.42 Å². The maximum absolute atomic E-state index is 12.4. The lowest BCUT2D eigenvalue weighted by Gasteiger charge is -2.42. The molecule has 1 aliphatic heterocycles. The van der Waals surface area contributed by atoms with Crippen molar-refractivity contribution in [2.45, 2.75) is 51.0 Å². The molecule has 0 radical (unpaired) electrons. The summed E-state index contributed by atoms with van der Waals surface area (Å²) in [6, 6.07) is 7.31. The molecular weight excluding hydrogens is 336 g/mol. The number of hydrogen-bond donors (Lipinski definition) is 2. The molecule has 0 aromatic heterocycles. The van der Waals surface area contributed by atoms with Gasteiger partial charge >= 0.3 is 0 Å². The minimum Gasteiger partial charge on any atom is -0.343 e. The minimum atomic E-state index is -3.60. The average molecular weight is 365 g/mol. The van der Waals surface area contributed by atoms with Crippen molar-refractivity contribution in [2.75, 3.05) is 13.3 Å². The molecule has 2 aliphatic rings. The molecule has 0 amide bonds. The Morgan fingerprint density at radius 1 is 1.20 bits per heavy atom. The van der Waals surface area contributed by atoms with Gasteiger partial charge in [0.2, 0.25) is 5.96 Å². The SMILES string of the molecule is Cc1ccc(S(=O)(=O)NC2=NCN([C@@H]3CCC[C@@H](C)[C@@H]3C)CN2)cc1. The Labute approximate surface area is 150 Å². The predicted octanol–water partition coefficient (Wildman–Crippen LogP) is 2.27. The first kappa shape index (κ1) is 18.2. The van der Waals surface area contributed by atoms with Crippen molar-refractivity contribution in [3.63, 3.8) is 0 Å². The van der Waals surface area contributed by atoms with Crippen LogP contribution in [0.5, 0.6) is 0 Å². The molecule has 0 saturated heterocycles. The van der Waals surface area contributed by atoms with Crippen molar-refractivity contribution in [3.05, 3.63) is 29.8 Å². The normalized spacial score (nSPS) is 28.1. The highest BCUT2D eigenvalue weighted by molar-refractivity contribution is 7.90. The van der Waals surface area contributed by atoms with Gasteiger partial charge in [-0.1, -0.05) is 44.4 Å². The smallest absolute Gasteiger partial charge is 0.264 e. The molecule has 3 rings (SSSR count). The van der Waals surface area contributed by atoms with Crippen LogP contribution >= 0.6 is 0 Å². The topological polar surface area (TPSA) is 73.8 Å². The van der Waals surface area contributed by atoms with Gasteiger partial charge < -0.3 is 5.32 Å². The van der Waals surface area contributed by atoms with E-state index >= 15 is 0 Å². The summed E-state index contributed by atoms with van der Waals surface area (Å²) in [7, 11) is -3.60. The number of guanidine groups is 1. The van der Waals surface area contributed by atoms with Crippen molar-refractivity contribution in [1.82, 2.24) is 14.9 Å². The van der Waals surface area contributed by atoms with Crippen LogP contribution in [0.2, 0.25) is 0 Å². The first-order valence-electron chi connectivity index (χ1n) is 8.98. The quantitative estimate of drug-likeness (QED) is 0.863. The van der Waals surface area contributed by atoms with Crippen molar-refractivity contribution >= 4 is 16.0 Å². The van der Waals surface area contributed by atoms with E-state index in [1.165, 1.54) is 19.3 Å². The summed E-state index contributed by atoms with van der Waals surface area (Å²) in [6.07, 6.45) is 3.74. The van der Waals surface area contributed by atoms with Gasteiger partial charge in [0.25, 0.3) is 10.0 Å². The standard InChI is InChI=1S/C18H28N4O2S/c1-13-7-9-16(10-8-13)25(23,24)21-18-19-11-22(12-20-18)17-6-4-5-14(2)15(17)3/h7-10,14-15,17H,4-6,11-12H2,1-3H3,(H2,19,20,21)/t14-,15+,17-/m1/s1. The summed E-state index contributed by atoms with van der Waals surface area (Å²) in [4.78, 5) is 6.97. The zero-order chi connectivity index (χ0) is 18.0. The molecule has 1 saturated carbocycles. The van der Waals surface area contributed by atoms with E-state index in [2.05, 4.69) is 33.8 Å². The number of sulfonamides is 1. The van der Waals surface area contributed by atoms with Gasteiger partial charge in [0.05, 0.1) is 18.2 Å². The lowest BCUT2D eigenvalue weighted by molar-refractivity contribution is 0.0768. The Balaban J connectivity index is 1.64. The molecule has 138 valence electrons.